The Morgan fingerprint density at radius 2 is 1.82 bits per heavy atom. The maximum atomic E-state index is 14.0. The van der Waals surface area contributed by atoms with Crippen molar-refractivity contribution in [3.63, 3.8) is 0 Å². The van der Waals surface area contributed by atoms with Gasteiger partial charge in [0.1, 0.15) is 5.82 Å². The lowest BCUT2D eigenvalue weighted by atomic mass is 9.84. The van der Waals surface area contributed by atoms with Crippen LogP contribution in [0.1, 0.15) is 19.4 Å². The number of benzene rings is 1. The normalized spacial score (nSPS) is 11.5. The second kappa shape index (κ2) is 5.23. The molecule has 0 aliphatic heterocycles. The van der Waals surface area contributed by atoms with E-state index in [9.17, 15) is 9.50 Å². The van der Waals surface area contributed by atoms with E-state index in [4.69, 9.17) is 9.47 Å². The molecule has 17 heavy (non-hydrogen) atoms. The van der Waals surface area contributed by atoms with Crippen molar-refractivity contribution >= 4 is 15.9 Å². The van der Waals surface area contributed by atoms with E-state index >= 15 is 0 Å². The lowest BCUT2D eigenvalue weighted by Crippen LogP contribution is -2.25. The van der Waals surface area contributed by atoms with E-state index in [1.807, 2.05) is 0 Å². The third-order valence-corrected chi connectivity index (χ3v) is 3.21. The lowest BCUT2D eigenvalue weighted by Gasteiger charge is -2.26. The van der Waals surface area contributed by atoms with Gasteiger partial charge in [0.25, 0.3) is 0 Å². The van der Waals surface area contributed by atoms with Gasteiger partial charge in [-0.05, 0) is 22.0 Å². The Morgan fingerprint density at radius 3 is 2.24 bits per heavy atom. The van der Waals surface area contributed by atoms with Crippen molar-refractivity contribution in [2.75, 3.05) is 20.8 Å². The molecule has 0 saturated heterocycles. The Morgan fingerprint density at radius 1 is 1.29 bits per heavy atom. The van der Waals surface area contributed by atoms with Gasteiger partial charge in [-0.1, -0.05) is 13.8 Å². The molecule has 0 aromatic heterocycles. The van der Waals surface area contributed by atoms with Crippen LogP contribution in [0.25, 0.3) is 0 Å². The number of aliphatic hydroxyl groups is 1. The summed E-state index contributed by atoms with van der Waals surface area (Å²) < 4.78 is 24.9. The second-order valence-electron chi connectivity index (χ2n) is 4.32. The van der Waals surface area contributed by atoms with Crippen LogP contribution in [0.2, 0.25) is 0 Å². The highest BCUT2D eigenvalue weighted by atomic mass is 79.9. The molecule has 0 heterocycles. The summed E-state index contributed by atoms with van der Waals surface area (Å²) in [5, 5.41) is 9.35. The molecule has 96 valence electrons. The molecule has 0 atom stereocenters. The summed E-state index contributed by atoms with van der Waals surface area (Å²) in [4.78, 5) is 0. The molecule has 0 aliphatic rings. The van der Waals surface area contributed by atoms with Gasteiger partial charge in [-0.15, -0.1) is 0 Å². The van der Waals surface area contributed by atoms with Crippen LogP contribution in [0.3, 0.4) is 0 Å². The average Bonchev–Trinajstić information content (AvgIpc) is 2.27. The number of aliphatic hydroxyl groups excluding tert-OH is 1. The zero-order chi connectivity index (χ0) is 13.2. The first-order chi connectivity index (χ1) is 7.88. The molecule has 0 radical (unpaired) electrons. The van der Waals surface area contributed by atoms with E-state index in [-0.39, 0.29) is 6.61 Å². The molecule has 0 saturated carbocycles. The number of rotatable bonds is 4. The van der Waals surface area contributed by atoms with Crippen molar-refractivity contribution < 1.29 is 19.0 Å². The fraction of sp³-hybridized carbons (Fsp3) is 0.500. The average molecular weight is 307 g/mol. The number of halogens is 2. The van der Waals surface area contributed by atoms with Crippen molar-refractivity contribution in [1.82, 2.24) is 0 Å². The van der Waals surface area contributed by atoms with Crippen LogP contribution in [0, 0.1) is 5.82 Å². The molecule has 1 rings (SSSR count). The molecule has 1 aromatic carbocycles. The van der Waals surface area contributed by atoms with Gasteiger partial charge in [0.15, 0.2) is 11.5 Å². The molecule has 5 heteroatoms. The fourth-order valence-corrected chi connectivity index (χ4v) is 2.22. The van der Waals surface area contributed by atoms with Crippen LogP contribution < -0.4 is 9.47 Å². The monoisotopic (exact) mass is 306 g/mol. The first-order valence-corrected chi connectivity index (χ1v) is 5.89. The largest absolute Gasteiger partial charge is 0.492 e. The number of hydrogen-bond donors (Lipinski definition) is 1. The Labute approximate surface area is 109 Å². The third kappa shape index (κ3) is 2.55. The Balaban J connectivity index is 3.59. The Bertz CT molecular complexity index is 419. The molecule has 0 unspecified atom stereocenters. The summed E-state index contributed by atoms with van der Waals surface area (Å²) in [6.45, 7) is 3.29. The highest BCUT2D eigenvalue weighted by molar-refractivity contribution is 9.10. The zero-order valence-corrected chi connectivity index (χ0v) is 11.9. The van der Waals surface area contributed by atoms with Crippen LogP contribution in [0.4, 0.5) is 4.39 Å². The molecule has 1 aromatic rings. The zero-order valence-electron chi connectivity index (χ0n) is 10.3. The van der Waals surface area contributed by atoms with Crippen LogP contribution >= 0.6 is 15.9 Å². The second-order valence-corrected chi connectivity index (χ2v) is 5.18. The van der Waals surface area contributed by atoms with E-state index in [0.717, 1.165) is 0 Å². The van der Waals surface area contributed by atoms with Gasteiger partial charge in [0.2, 0.25) is 0 Å². The topological polar surface area (TPSA) is 38.7 Å². The third-order valence-electron chi connectivity index (χ3n) is 2.62. The Hall–Kier alpha value is -0.810. The number of methoxy groups -OCH3 is 2. The molecule has 1 N–H and O–H groups in total. The van der Waals surface area contributed by atoms with E-state index < -0.39 is 11.2 Å². The highest BCUT2D eigenvalue weighted by Crippen LogP contribution is 2.44. The number of hydrogen-bond acceptors (Lipinski definition) is 3. The highest BCUT2D eigenvalue weighted by Gasteiger charge is 2.31. The van der Waals surface area contributed by atoms with E-state index in [2.05, 4.69) is 15.9 Å². The maximum absolute atomic E-state index is 14.0. The first-order valence-electron chi connectivity index (χ1n) is 5.10. The van der Waals surface area contributed by atoms with Gasteiger partial charge in [0, 0.05) is 11.0 Å². The van der Waals surface area contributed by atoms with Crippen LogP contribution in [0.5, 0.6) is 11.5 Å². The minimum Gasteiger partial charge on any atom is -0.492 e. The molecular formula is C12H16BrFO3. The van der Waals surface area contributed by atoms with E-state index in [1.165, 1.54) is 20.3 Å². The first kappa shape index (κ1) is 14.3. The predicted molar refractivity (Wildman–Crippen MR) is 67.3 cm³/mol. The molecule has 0 fully saturated rings. The summed E-state index contributed by atoms with van der Waals surface area (Å²) in [5.41, 5.74) is -0.439. The minimum absolute atomic E-state index is 0.189. The standard InChI is InChI=1S/C12H16BrFO3/c1-12(2,6-15)9-8(14)5-7(13)10(16-3)11(9)17-4/h5,15H,6H2,1-4H3. The van der Waals surface area contributed by atoms with Crippen molar-refractivity contribution in [3.8, 4) is 11.5 Å². The van der Waals surface area contributed by atoms with Gasteiger partial charge in [-0.25, -0.2) is 4.39 Å². The van der Waals surface area contributed by atoms with Gasteiger partial charge in [0.05, 0.1) is 25.3 Å². The van der Waals surface area contributed by atoms with Crippen molar-refractivity contribution in [1.29, 1.82) is 0 Å². The van der Waals surface area contributed by atoms with Gasteiger partial charge >= 0.3 is 0 Å². The summed E-state index contributed by atoms with van der Waals surface area (Å²) in [6.07, 6.45) is 0. The minimum atomic E-state index is -0.747. The Kier molecular flexibility index (Phi) is 4.38. The van der Waals surface area contributed by atoms with Gasteiger partial charge in [-0.2, -0.15) is 0 Å². The van der Waals surface area contributed by atoms with Crippen LogP contribution in [-0.4, -0.2) is 25.9 Å². The SMILES string of the molecule is COc1c(Br)cc(F)c(C(C)(C)CO)c1OC. The van der Waals surface area contributed by atoms with Gasteiger partial charge < -0.3 is 14.6 Å². The predicted octanol–water partition coefficient (Wildman–Crippen LogP) is 2.88. The van der Waals surface area contributed by atoms with E-state index in [0.29, 0.717) is 21.5 Å². The summed E-state index contributed by atoms with van der Waals surface area (Å²) >= 11 is 3.21. The summed E-state index contributed by atoms with van der Waals surface area (Å²) in [5.74, 6) is 0.289. The lowest BCUT2D eigenvalue weighted by molar-refractivity contribution is 0.209. The molecule has 0 bridgehead atoms. The quantitative estimate of drug-likeness (QED) is 0.929. The molecule has 0 spiro atoms. The molecule has 0 aliphatic carbocycles. The van der Waals surface area contributed by atoms with Gasteiger partial charge in [-0.3, -0.25) is 0 Å². The van der Waals surface area contributed by atoms with Crippen molar-refractivity contribution in [2.45, 2.75) is 19.3 Å². The van der Waals surface area contributed by atoms with Crippen LogP contribution in [-0.2, 0) is 5.41 Å². The summed E-state index contributed by atoms with van der Waals surface area (Å²) in [6, 6.07) is 1.31. The van der Waals surface area contributed by atoms with Crippen LogP contribution in [0.15, 0.2) is 10.5 Å². The van der Waals surface area contributed by atoms with Crippen molar-refractivity contribution in [3.05, 3.63) is 21.9 Å². The van der Waals surface area contributed by atoms with Crippen molar-refractivity contribution in [2.24, 2.45) is 0 Å². The number of ether oxygens (including phenoxy) is 2. The molecular weight excluding hydrogens is 291 g/mol. The molecule has 0 amide bonds. The summed E-state index contributed by atoms with van der Waals surface area (Å²) in [7, 11) is 2.93. The maximum Gasteiger partial charge on any atom is 0.175 e. The molecule has 3 nitrogen and oxygen atoms in total. The van der Waals surface area contributed by atoms with E-state index in [1.54, 1.807) is 13.8 Å². The smallest absolute Gasteiger partial charge is 0.175 e. The fourth-order valence-electron chi connectivity index (χ4n) is 1.67.